The smallest absolute Gasteiger partial charge is 0.338 e. The normalized spacial score (nSPS) is 19.6. The third-order valence-corrected chi connectivity index (χ3v) is 4.59. The fraction of sp³-hybridized carbons (Fsp3) is 0.526. The fourth-order valence-corrected chi connectivity index (χ4v) is 3.06. The molecule has 1 N–H and O–H groups in total. The molecule has 3 rings (SSSR count). The molecule has 0 unspecified atom stereocenters. The first-order chi connectivity index (χ1) is 12.1. The predicted octanol–water partition coefficient (Wildman–Crippen LogP) is 2.59. The van der Waals surface area contributed by atoms with E-state index >= 15 is 0 Å². The number of likely N-dealkylation sites (tertiary alicyclic amines) is 1. The summed E-state index contributed by atoms with van der Waals surface area (Å²) < 4.78 is 5.08. The van der Waals surface area contributed by atoms with Gasteiger partial charge < -0.3 is 15.0 Å². The van der Waals surface area contributed by atoms with E-state index in [1.54, 1.807) is 29.2 Å². The maximum Gasteiger partial charge on any atom is 0.338 e. The van der Waals surface area contributed by atoms with Crippen LogP contribution >= 0.6 is 0 Å². The lowest BCUT2D eigenvalue weighted by Gasteiger charge is -2.24. The Balaban J connectivity index is 1.58. The first-order valence-corrected chi connectivity index (χ1v) is 8.98. The average molecular weight is 344 g/mol. The molecule has 2 aliphatic rings. The molecule has 134 valence electrons. The third kappa shape index (κ3) is 4.18. The van der Waals surface area contributed by atoms with E-state index in [9.17, 15) is 14.4 Å². The van der Waals surface area contributed by atoms with E-state index in [-0.39, 0.29) is 29.7 Å². The maximum absolute atomic E-state index is 12.5. The quantitative estimate of drug-likeness (QED) is 0.805. The van der Waals surface area contributed by atoms with Crippen molar-refractivity contribution < 1.29 is 19.1 Å². The summed E-state index contributed by atoms with van der Waals surface area (Å²) in [4.78, 5) is 38.3. The van der Waals surface area contributed by atoms with Crippen LogP contribution in [0.25, 0.3) is 0 Å². The van der Waals surface area contributed by atoms with Crippen molar-refractivity contribution in [2.45, 2.75) is 45.1 Å². The van der Waals surface area contributed by atoms with Crippen LogP contribution in [-0.2, 0) is 14.3 Å². The number of ether oxygens (including phenoxy) is 1. The van der Waals surface area contributed by atoms with Gasteiger partial charge in [-0.05, 0) is 56.4 Å². The number of esters is 1. The molecule has 2 fully saturated rings. The Morgan fingerprint density at radius 3 is 2.52 bits per heavy atom. The molecule has 1 saturated heterocycles. The van der Waals surface area contributed by atoms with Gasteiger partial charge in [0, 0.05) is 18.2 Å². The van der Waals surface area contributed by atoms with Crippen LogP contribution in [0, 0.1) is 5.92 Å². The van der Waals surface area contributed by atoms with Gasteiger partial charge in [-0.15, -0.1) is 0 Å². The third-order valence-electron chi connectivity index (χ3n) is 4.59. The molecular weight excluding hydrogens is 320 g/mol. The number of nitrogens with zero attached hydrogens (tertiary/aromatic N) is 1. The van der Waals surface area contributed by atoms with Crippen molar-refractivity contribution in [2.75, 3.05) is 18.5 Å². The number of benzene rings is 1. The first kappa shape index (κ1) is 17.5. The maximum atomic E-state index is 12.5. The van der Waals surface area contributed by atoms with E-state index in [4.69, 9.17) is 4.74 Å². The number of amides is 2. The standard InChI is InChI=1S/C19H24N2O4/c1-2-12-25-19(24)14-7-9-15(10-8-14)20-17(22)16-4-3-11-21(16)18(23)13-5-6-13/h7-10,13,16H,2-6,11-12H2,1H3,(H,20,22)/t16-/m0/s1. The molecule has 1 aromatic rings. The summed E-state index contributed by atoms with van der Waals surface area (Å²) in [5.74, 6) is -0.280. The lowest BCUT2D eigenvalue weighted by Crippen LogP contribution is -2.43. The van der Waals surface area contributed by atoms with Gasteiger partial charge in [-0.3, -0.25) is 9.59 Å². The summed E-state index contributed by atoms with van der Waals surface area (Å²) in [7, 11) is 0. The Bertz CT molecular complexity index is 652. The van der Waals surface area contributed by atoms with Crippen LogP contribution in [0.5, 0.6) is 0 Å². The van der Waals surface area contributed by atoms with Crippen LogP contribution in [0.15, 0.2) is 24.3 Å². The summed E-state index contributed by atoms with van der Waals surface area (Å²) in [6, 6.07) is 6.25. The monoisotopic (exact) mass is 344 g/mol. The van der Waals surface area contributed by atoms with E-state index in [0.29, 0.717) is 30.8 Å². The van der Waals surface area contributed by atoms with Crippen LogP contribution in [-0.4, -0.2) is 41.9 Å². The van der Waals surface area contributed by atoms with Gasteiger partial charge in [-0.1, -0.05) is 6.92 Å². The minimum Gasteiger partial charge on any atom is -0.462 e. The molecule has 1 aliphatic heterocycles. The minimum atomic E-state index is -0.387. The number of rotatable bonds is 6. The molecule has 0 spiro atoms. The van der Waals surface area contributed by atoms with Crippen LogP contribution < -0.4 is 5.32 Å². The topological polar surface area (TPSA) is 75.7 Å². The lowest BCUT2D eigenvalue weighted by atomic mass is 10.1. The fourth-order valence-electron chi connectivity index (χ4n) is 3.06. The summed E-state index contributed by atoms with van der Waals surface area (Å²) in [5, 5.41) is 2.85. The largest absolute Gasteiger partial charge is 0.462 e. The van der Waals surface area contributed by atoms with Gasteiger partial charge in [0.2, 0.25) is 11.8 Å². The summed E-state index contributed by atoms with van der Waals surface area (Å²) in [6.45, 7) is 2.99. The van der Waals surface area contributed by atoms with Crippen LogP contribution in [0.3, 0.4) is 0 Å². The van der Waals surface area contributed by atoms with Crippen molar-refractivity contribution in [1.82, 2.24) is 4.90 Å². The minimum absolute atomic E-state index is 0.117. The number of hydrogen-bond donors (Lipinski definition) is 1. The van der Waals surface area contributed by atoms with Gasteiger partial charge in [0.25, 0.3) is 0 Å². The number of carbonyl (C=O) groups is 3. The van der Waals surface area contributed by atoms with Gasteiger partial charge in [0.1, 0.15) is 6.04 Å². The summed E-state index contributed by atoms with van der Waals surface area (Å²) in [5.41, 5.74) is 1.07. The second-order valence-electron chi connectivity index (χ2n) is 6.67. The Morgan fingerprint density at radius 1 is 1.16 bits per heavy atom. The number of carbonyl (C=O) groups excluding carboxylic acids is 3. The Labute approximate surface area is 147 Å². The van der Waals surface area contributed by atoms with Crippen LogP contribution in [0.2, 0.25) is 0 Å². The van der Waals surface area contributed by atoms with Crippen molar-refractivity contribution in [1.29, 1.82) is 0 Å². The predicted molar refractivity (Wildman–Crippen MR) is 93.1 cm³/mol. The van der Waals surface area contributed by atoms with Crippen LogP contribution in [0.1, 0.15) is 49.4 Å². The second-order valence-corrected chi connectivity index (χ2v) is 6.67. The molecule has 1 atom stereocenters. The van der Waals surface area contributed by atoms with Gasteiger partial charge >= 0.3 is 5.97 Å². The van der Waals surface area contributed by atoms with E-state index in [2.05, 4.69) is 5.32 Å². The zero-order valence-corrected chi connectivity index (χ0v) is 14.5. The molecule has 2 amide bonds. The molecule has 0 radical (unpaired) electrons. The van der Waals surface area contributed by atoms with Crippen molar-refractivity contribution in [3.8, 4) is 0 Å². The Kier molecular flexibility index (Phi) is 5.36. The van der Waals surface area contributed by atoms with Gasteiger partial charge in [0.15, 0.2) is 0 Å². The van der Waals surface area contributed by atoms with Gasteiger partial charge in [0.05, 0.1) is 12.2 Å². The van der Waals surface area contributed by atoms with Gasteiger partial charge in [-0.2, -0.15) is 0 Å². The van der Waals surface area contributed by atoms with E-state index < -0.39 is 0 Å². The highest BCUT2D eigenvalue weighted by Gasteiger charge is 2.40. The van der Waals surface area contributed by atoms with Crippen molar-refractivity contribution >= 4 is 23.5 Å². The molecule has 1 aliphatic carbocycles. The zero-order valence-electron chi connectivity index (χ0n) is 14.5. The highest BCUT2D eigenvalue weighted by Crippen LogP contribution is 2.33. The number of anilines is 1. The molecule has 0 aromatic heterocycles. The summed E-state index contributed by atoms with van der Waals surface area (Å²) >= 11 is 0. The van der Waals surface area contributed by atoms with E-state index in [1.807, 2.05) is 6.92 Å². The zero-order chi connectivity index (χ0) is 17.8. The van der Waals surface area contributed by atoms with E-state index in [0.717, 1.165) is 25.7 Å². The number of hydrogen-bond acceptors (Lipinski definition) is 4. The van der Waals surface area contributed by atoms with Crippen molar-refractivity contribution in [3.05, 3.63) is 29.8 Å². The van der Waals surface area contributed by atoms with Crippen molar-refractivity contribution in [2.24, 2.45) is 5.92 Å². The van der Waals surface area contributed by atoms with E-state index in [1.165, 1.54) is 0 Å². The molecule has 1 aromatic carbocycles. The second kappa shape index (κ2) is 7.68. The highest BCUT2D eigenvalue weighted by atomic mass is 16.5. The Hall–Kier alpha value is -2.37. The molecule has 1 saturated carbocycles. The van der Waals surface area contributed by atoms with Gasteiger partial charge in [-0.25, -0.2) is 4.79 Å². The lowest BCUT2D eigenvalue weighted by molar-refractivity contribution is -0.137. The summed E-state index contributed by atoms with van der Waals surface area (Å²) in [6.07, 6.45) is 4.22. The van der Waals surface area contributed by atoms with Crippen molar-refractivity contribution in [3.63, 3.8) is 0 Å². The molecule has 0 bridgehead atoms. The molecule has 1 heterocycles. The first-order valence-electron chi connectivity index (χ1n) is 8.98. The molecular formula is C19H24N2O4. The Morgan fingerprint density at radius 2 is 1.88 bits per heavy atom. The molecule has 25 heavy (non-hydrogen) atoms. The van der Waals surface area contributed by atoms with Crippen LogP contribution in [0.4, 0.5) is 5.69 Å². The molecule has 6 heteroatoms. The highest BCUT2D eigenvalue weighted by molar-refractivity contribution is 5.98. The SMILES string of the molecule is CCCOC(=O)c1ccc(NC(=O)[C@@H]2CCCN2C(=O)C2CC2)cc1. The average Bonchev–Trinajstić information content (AvgIpc) is 3.35. The number of nitrogens with one attached hydrogen (secondary N) is 1. The molecule has 6 nitrogen and oxygen atoms in total.